The van der Waals surface area contributed by atoms with E-state index >= 15 is 0 Å². The van der Waals surface area contributed by atoms with Crippen LogP contribution in [0, 0.1) is 5.95 Å². The van der Waals surface area contributed by atoms with Crippen LogP contribution < -0.4 is 5.32 Å². The lowest BCUT2D eigenvalue weighted by molar-refractivity contribution is 0.387. The van der Waals surface area contributed by atoms with E-state index in [0.717, 1.165) is 11.4 Å². The van der Waals surface area contributed by atoms with Crippen LogP contribution in [0.1, 0.15) is 5.56 Å². The number of pyridine rings is 1. The summed E-state index contributed by atoms with van der Waals surface area (Å²) in [6, 6.07) is 3.06. The maximum Gasteiger partial charge on any atom is 0.212 e. The predicted octanol–water partition coefficient (Wildman–Crippen LogP) is 1.34. The summed E-state index contributed by atoms with van der Waals surface area (Å²) in [5, 5.41) is 2.93. The number of aromatic nitrogens is 1. The Hall–Kier alpha value is -1.58. The average Bonchev–Trinajstić information content (AvgIpc) is 2.20. The summed E-state index contributed by atoms with van der Waals surface area (Å²) in [4.78, 5) is 5.50. The Morgan fingerprint density at radius 2 is 2.36 bits per heavy atom. The van der Waals surface area contributed by atoms with Crippen LogP contribution in [-0.4, -0.2) is 24.0 Å². The molecule has 0 aliphatic heterocycles. The maximum atomic E-state index is 12.5. The van der Waals surface area contributed by atoms with Crippen LogP contribution in [0.2, 0.25) is 0 Å². The topological polar surface area (TPSA) is 28.2 Å². The molecule has 1 N–H and O–H groups in total. The second-order valence-corrected chi connectivity index (χ2v) is 3.04. The zero-order valence-electron chi connectivity index (χ0n) is 8.42. The summed E-state index contributed by atoms with van der Waals surface area (Å²) in [5.74, 6) is 0.359. The van der Waals surface area contributed by atoms with Crippen molar-refractivity contribution >= 4 is 0 Å². The van der Waals surface area contributed by atoms with E-state index in [-0.39, 0.29) is 0 Å². The van der Waals surface area contributed by atoms with E-state index in [2.05, 4.69) is 16.9 Å². The second kappa shape index (κ2) is 4.60. The fourth-order valence-corrected chi connectivity index (χ4v) is 1.06. The molecular weight excluding hydrogens is 181 g/mol. The van der Waals surface area contributed by atoms with Crippen molar-refractivity contribution in [1.29, 1.82) is 0 Å². The van der Waals surface area contributed by atoms with Crippen molar-refractivity contribution in [2.45, 2.75) is 6.54 Å². The van der Waals surface area contributed by atoms with E-state index in [1.807, 2.05) is 19.0 Å². The van der Waals surface area contributed by atoms with Crippen LogP contribution in [0.15, 0.2) is 30.7 Å². The molecule has 3 nitrogen and oxygen atoms in total. The van der Waals surface area contributed by atoms with Gasteiger partial charge in [-0.1, -0.05) is 12.6 Å². The first kappa shape index (κ1) is 10.5. The van der Waals surface area contributed by atoms with Gasteiger partial charge >= 0.3 is 0 Å². The number of hydrogen-bond acceptors (Lipinski definition) is 3. The fourth-order valence-electron chi connectivity index (χ4n) is 1.06. The summed E-state index contributed by atoms with van der Waals surface area (Å²) >= 11 is 0. The van der Waals surface area contributed by atoms with Crippen molar-refractivity contribution in [2.75, 3.05) is 14.1 Å². The van der Waals surface area contributed by atoms with E-state index in [4.69, 9.17) is 0 Å². The predicted molar refractivity (Wildman–Crippen MR) is 53.9 cm³/mol. The minimum Gasteiger partial charge on any atom is -0.375 e. The molecule has 76 valence electrons. The molecule has 0 aromatic carbocycles. The molecule has 0 aliphatic carbocycles. The molecule has 1 aromatic rings. The van der Waals surface area contributed by atoms with Gasteiger partial charge in [0.05, 0.1) is 5.82 Å². The van der Waals surface area contributed by atoms with Crippen LogP contribution in [0.5, 0.6) is 0 Å². The van der Waals surface area contributed by atoms with Gasteiger partial charge in [-0.15, -0.1) is 0 Å². The van der Waals surface area contributed by atoms with Crippen LogP contribution in [0.25, 0.3) is 0 Å². The van der Waals surface area contributed by atoms with Crippen molar-refractivity contribution in [2.24, 2.45) is 0 Å². The van der Waals surface area contributed by atoms with E-state index in [1.54, 1.807) is 6.07 Å². The number of nitrogens with one attached hydrogen (secondary N) is 1. The number of rotatable bonds is 4. The van der Waals surface area contributed by atoms with Crippen molar-refractivity contribution < 1.29 is 4.39 Å². The summed E-state index contributed by atoms with van der Waals surface area (Å²) in [5.41, 5.74) is 0.949. The summed E-state index contributed by atoms with van der Waals surface area (Å²) in [6.07, 6.45) is 1.52. The van der Waals surface area contributed by atoms with Gasteiger partial charge < -0.3 is 10.2 Å². The first-order valence-corrected chi connectivity index (χ1v) is 4.31. The maximum absolute atomic E-state index is 12.5. The minimum absolute atomic E-state index is 0.455. The summed E-state index contributed by atoms with van der Waals surface area (Å²) < 4.78 is 12.5. The molecule has 0 fully saturated rings. The first-order valence-electron chi connectivity index (χ1n) is 4.31. The number of hydrogen-bond donors (Lipinski definition) is 1. The smallest absolute Gasteiger partial charge is 0.212 e. The molecular formula is C10H14FN3. The third-order valence-electron chi connectivity index (χ3n) is 1.96. The molecule has 1 aromatic heterocycles. The van der Waals surface area contributed by atoms with Crippen molar-refractivity contribution in [1.82, 2.24) is 15.2 Å². The van der Waals surface area contributed by atoms with E-state index in [0.29, 0.717) is 6.54 Å². The second-order valence-electron chi connectivity index (χ2n) is 3.04. The number of halogens is 1. The van der Waals surface area contributed by atoms with Gasteiger partial charge in [-0.3, -0.25) is 0 Å². The molecule has 1 heterocycles. The Kier molecular flexibility index (Phi) is 3.45. The van der Waals surface area contributed by atoms with Gasteiger partial charge in [0.2, 0.25) is 5.95 Å². The first-order chi connectivity index (χ1) is 6.63. The fraction of sp³-hybridized carbons (Fsp3) is 0.300. The Morgan fingerprint density at radius 1 is 1.64 bits per heavy atom. The van der Waals surface area contributed by atoms with E-state index < -0.39 is 5.95 Å². The quantitative estimate of drug-likeness (QED) is 0.735. The standard InChI is InChI=1S/C10H14FN3/c1-8(12-2)14(3)7-9-4-5-10(11)13-6-9/h4-6,12H,1,7H2,2-3H3. The largest absolute Gasteiger partial charge is 0.375 e. The zero-order valence-corrected chi connectivity index (χ0v) is 8.42. The molecule has 0 unspecified atom stereocenters. The van der Waals surface area contributed by atoms with Gasteiger partial charge in [0, 0.05) is 26.8 Å². The third kappa shape index (κ3) is 2.73. The lowest BCUT2D eigenvalue weighted by atomic mass is 10.3. The SMILES string of the molecule is C=C(NC)N(C)Cc1ccc(F)nc1. The average molecular weight is 195 g/mol. The van der Waals surface area contributed by atoms with Crippen LogP contribution in [0.4, 0.5) is 4.39 Å². The van der Waals surface area contributed by atoms with Gasteiger partial charge in [-0.25, -0.2) is 4.98 Å². The van der Waals surface area contributed by atoms with E-state index in [1.165, 1.54) is 12.3 Å². The lowest BCUT2D eigenvalue weighted by Crippen LogP contribution is -2.24. The van der Waals surface area contributed by atoms with Crippen molar-refractivity contribution in [3.8, 4) is 0 Å². The van der Waals surface area contributed by atoms with Gasteiger partial charge in [0.25, 0.3) is 0 Å². The highest BCUT2D eigenvalue weighted by Gasteiger charge is 2.01. The van der Waals surface area contributed by atoms with Gasteiger partial charge in [0.1, 0.15) is 0 Å². The van der Waals surface area contributed by atoms with Crippen LogP contribution in [-0.2, 0) is 6.54 Å². The molecule has 0 saturated heterocycles. The zero-order chi connectivity index (χ0) is 10.6. The Labute approximate surface area is 83.3 Å². The highest BCUT2D eigenvalue weighted by atomic mass is 19.1. The molecule has 0 bridgehead atoms. The molecule has 0 radical (unpaired) electrons. The molecule has 1 rings (SSSR count). The highest BCUT2D eigenvalue weighted by Crippen LogP contribution is 2.04. The Morgan fingerprint density at radius 3 is 2.86 bits per heavy atom. The van der Waals surface area contributed by atoms with Crippen molar-refractivity contribution in [3.05, 3.63) is 42.2 Å². The molecule has 0 spiro atoms. The van der Waals surface area contributed by atoms with Gasteiger partial charge in [0.15, 0.2) is 0 Å². The minimum atomic E-state index is -0.455. The third-order valence-corrected chi connectivity index (χ3v) is 1.96. The normalized spacial score (nSPS) is 9.64. The molecule has 4 heteroatoms. The van der Waals surface area contributed by atoms with Crippen LogP contribution in [0.3, 0.4) is 0 Å². The van der Waals surface area contributed by atoms with E-state index in [9.17, 15) is 4.39 Å². The lowest BCUT2D eigenvalue weighted by Gasteiger charge is -2.20. The molecule has 0 atom stereocenters. The van der Waals surface area contributed by atoms with Gasteiger partial charge in [-0.05, 0) is 11.6 Å². The monoisotopic (exact) mass is 195 g/mol. The molecule has 0 aliphatic rings. The number of nitrogens with zero attached hydrogens (tertiary/aromatic N) is 2. The molecule has 0 saturated carbocycles. The summed E-state index contributed by atoms with van der Waals surface area (Å²) in [6.45, 7) is 4.47. The molecule has 14 heavy (non-hydrogen) atoms. The molecule has 0 amide bonds. The highest BCUT2D eigenvalue weighted by molar-refractivity contribution is 5.10. The summed E-state index contributed by atoms with van der Waals surface area (Å²) in [7, 11) is 3.71. The van der Waals surface area contributed by atoms with Crippen molar-refractivity contribution in [3.63, 3.8) is 0 Å². The van der Waals surface area contributed by atoms with Crippen LogP contribution >= 0.6 is 0 Å². The Bertz CT molecular complexity index is 308. The Balaban J connectivity index is 2.60. The van der Waals surface area contributed by atoms with Gasteiger partial charge in [-0.2, -0.15) is 4.39 Å².